The van der Waals surface area contributed by atoms with E-state index in [0.717, 1.165) is 5.69 Å². The van der Waals surface area contributed by atoms with Crippen LogP contribution >= 0.6 is 0 Å². The number of imidazole rings is 1. The summed E-state index contributed by atoms with van der Waals surface area (Å²) in [7, 11) is 0. The lowest BCUT2D eigenvalue weighted by molar-refractivity contribution is -0.125. The van der Waals surface area contributed by atoms with Crippen LogP contribution in [0, 0.1) is 0 Å². The van der Waals surface area contributed by atoms with Crippen LogP contribution in [0.5, 0.6) is 0 Å². The lowest BCUT2D eigenvalue weighted by atomic mass is 10.1. The van der Waals surface area contributed by atoms with Crippen molar-refractivity contribution in [2.24, 2.45) is 5.73 Å². The van der Waals surface area contributed by atoms with Gasteiger partial charge in [0.25, 0.3) is 0 Å². The molecule has 5 nitrogen and oxygen atoms in total. The van der Waals surface area contributed by atoms with Gasteiger partial charge in [-0.3, -0.25) is 4.79 Å². The fraction of sp³-hybridized carbons (Fsp3) is 0.667. The van der Waals surface area contributed by atoms with Crippen LogP contribution in [0.25, 0.3) is 0 Å². The van der Waals surface area contributed by atoms with Crippen molar-refractivity contribution in [3.05, 3.63) is 18.2 Å². The number of hydrogen-bond donors (Lipinski definition) is 2. The minimum absolute atomic E-state index is 0.0302. The number of carbonyl (C=O) groups excluding carboxylic acids is 1. The average Bonchev–Trinajstić information content (AvgIpc) is 2.61. The van der Waals surface area contributed by atoms with Crippen molar-refractivity contribution in [1.82, 2.24) is 14.9 Å². The summed E-state index contributed by atoms with van der Waals surface area (Å²) in [6, 6.07) is -0.444. The first-order valence-electron chi connectivity index (χ1n) is 5.81. The Bertz CT molecular complexity index is 389. The average molecular weight is 238 g/mol. The summed E-state index contributed by atoms with van der Waals surface area (Å²) < 4.78 is 1.81. The normalized spacial score (nSPS) is 15.4. The van der Waals surface area contributed by atoms with E-state index in [1.54, 1.807) is 12.5 Å². The highest BCUT2D eigenvalue weighted by Gasteiger charge is 2.22. The van der Waals surface area contributed by atoms with Crippen LogP contribution in [0.4, 0.5) is 0 Å². The van der Waals surface area contributed by atoms with Crippen LogP contribution in [0.1, 0.15) is 52.4 Å². The van der Waals surface area contributed by atoms with Crippen LogP contribution in [-0.4, -0.2) is 21.0 Å². The first-order valence-corrected chi connectivity index (χ1v) is 5.81. The third-order valence-electron chi connectivity index (χ3n) is 2.46. The molecule has 0 radical (unpaired) electrons. The second-order valence-electron chi connectivity index (χ2n) is 5.43. The van der Waals surface area contributed by atoms with Gasteiger partial charge in [0.2, 0.25) is 5.91 Å². The zero-order valence-corrected chi connectivity index (χ0v) is 11.2. The predicted octanol–water partition coefficient (Wildman–Crippen LogP) is 1.38. The number of aromatic nitrogens is 2. The zero-order chi connectivity index (χ0) is 13.2. The standard InChI is InChI=1S/C12H22N4O/c1-8(13)10-6-14-7-16(10)9(2)11(17)15-12(3,4)5/h6-9H,13H2,1-5H3,(H,15,17)/t8-,9?/m1/s1. The minimum atomic E-state index is -0.308. The number of nitrogens with two attached hydrogens (primary N) is 1. The van der Waals surface area contributed by atoms with E-state index in [-0.39, 0.29) is 23.5 Å². The second-order valence-corrected chi connectivity index (χ2v) is 5.43. The molecular weight excluding hydrogens is 216 g/mol. The Labute approximate surface area is 102 Å². The molecule has 96 valence electrons. The van der Waals surface area contributed by atoms with Crippen molar-refractivity contribution in [2.75, 3.05) is 0 Å². The van der Waals surface area contributed by atoms with Gasteiger partial charge in [-0.2, -0.15) is 0 Å². The SMILES string of the molecule is CC(C(=O)NC(C)(C)C)n1cncc1[C@@H](C)N. The van der Waals surface area contributed by atoms with Gasteiger partial charge in [0.15, 0.2) is 0 Å². The predicted molar refractivity (Wildman–Crippen MR) is 67.4 cm³/mol. The highest BCUT2D eigenvalue weighted by atomic mass is 16.2. The van der Waals surface area contributed by atoms with E-state index in [9.17, 15) is 4.79 Å². The first kappa shape index (κ1) is 13.7. The fourth-order valence-electron chi connectivity index (χ4n) is 1.59. The largest absolute Gasteiger partial charge is 0.350 e. The zero-order valence-electron chi connectivity index (χ0n) is 11.2. The van der Waals surface area contributed by atoms with Crippen molar-refractivity contribution < 1.29 is 4.79 Å². The maximum Gasteiger partial charge on any atom is 0.243 e. The third-order valence-corrected chi connectivity index (χ3v) is 2.46. The Hall–Kier alpha value is -1.36. The maximum absolute atomic E-state index is 12.0. The van der Waals surface area contributed by atoms with Crippen molar-refractivity contribution in [3.8, 4) is 0 Å². The number of nitrogens with one attached hydrogen (secondary N) is 1. The molecule has 1 aromatic heterocycles. The summed E-state index contributed by atoms with van der Waals surface area (Å²) >= 11 is 0. The Morgan fingerprint density at radius 2 is 2.06 bits per heavy atom. The van der Waals surface area contributed by atoms with Gasteiger partial charge in [0.1, 0.15) is 6.04 Å². The molecule has 1 aromatic rings. The summed E-state index contributed by atoms with van der Waals surface area (Å²) in [4.78, 5) is 16.1. The molecule has 0 aromatic carbocycles. The molecule has 1 unspecified atom stereocenters. The van der Waals surface area contributed by atoms with Crippen LogP contribution in [-0.2, 0) is 4.79 Å². The van der Waals surface area contributed by atoms with E-state index in [1.807, 2.05) is 39.2 Å². The van der Waals surface area contributed by atoms with Gasteiger partial charge in [-0.15, -0.1) is 0 Å². The van der Waals surface area contributed by atoms with E-state index < -0.39 is 0 Å². The molecule has 0 aliphatic carbocycles. The van der Waals surface area contributed by atoms with Gasteiger partial charge in [0.05, 0.1) is 12.0 Å². The van der Waals surface area contributed by atoms with Crippen molar-refractivity contribution in [1.29, 1.82) is 0 Å². The monoisotopic (exact) mass is 238 g/mol. The summed E-state index contributed by atoms with van der Waals surface area (Å²) in [5.41, 5.74) is 6.46. The van der Waals surface area contributed by atoms with Gasteiger partial charge in [-0.1, -0.05) is 0 Å². The summed E-state index contributed by atoms with van der Waals surface area (Å²) in [5, 5.41) is 2.94. The smallest absolute Gasteiger partial charge is 0.243 e. The van der Waals surface area contributed by atoms with Crippen LogP contribution < -0.4 is 11.1 Å². The molecule has 0 spiro atoms. The van der Waals surface area contributed by atoms with Crippen molar-refractivity contribution in [3.63, 3.8) is 0 Å². The van der Waals surface area contributed by atoms with Gasteiger partial charge >= 0.3 is 0 Å². The molecule has 5 heteroatoms. The molecule has 0 saturated carbocycles. The summed E-state index contributed by atoms with van der Waals surface area (Å²) in [5.74, 6) is -0.0302. The molecule has 0 saturated heterocycles. The topological polar surface area (TPSA) is 72.9 Å². The fourth-order valence-corrected chi connectivity index (χ4v) is 1.59. The molecule has 0 aliphatic rings. The Morgan fingerprint density at radius 3 is 2.53 bits per heavy atom. The lowest BCUT2D eigenvalue weighted by Crippen LogP contribution is -2.44. The van der Waals surface area contributed by atoms with E-state index in [0.29, 0.717) is 0 Å². The molecule has 1 heterocycles. The highest BCUT2D eigenvalue weighted by Crippen LogP contribution is 2.16. The lowest BCUT2D eigenvalue weighted by Gasteiger charge is -2.25. The quantitative estimate of drug-likeness (QED) is 0.835. The number of nitrogens with zero attached hydrogens (tertiary/aromatic N) is 2. The molecule has 0 fully saturated rings. The van der Waals surface area contributed by atoms with E-state index in [2.05, 4.69) is 10.3 Å². The maximum atomic E-state index is 12.0. The molecule has 1 rings (SSSR count). The van der Waals surface area contributed by atoms with E-state index >= 15 is 0 Å². The van der Waals surface area contributed by atoms with Gasteiger partial charge in [-0.05, 0) is 34.6 Å². The van der Waals surface area contributed by atoms with E-state index in [4.69, 9.17) is 5.73 Å². The Kier molecular flexibility index (Phi) is 3.93. The number of rotatable bonds is 3. The van der Waals surface area contributed by atoms with Gasteiger partial charge in [-0.25, -0.2) is 4.98 Å². The first-order chi connectivity index (χ1) is 7.72. The molecular formula is C12H22N4O. The molecule has 0 aliphatic heterocycles. The number of hydrogen-bond acceptors (Lipinski definition) is 3. The highest BCUT2D eigenvalue weighted by molar-refractivity contribution is 5.80. The Balaban J connectivity index is 2.85. The molecule has 1 amide bonds. The van der Waals surface area contributed by atoms with Crippen LogP contribution in [0.3, 0.4) is 0 Å². The second kappa shape index (κ2) is 4.87. The summed E-state index contributed by atoms with van der Waals surface area (Å²) in [6.07, 6.45) is 3.34. The molecule has 0 bridgehead atoms. The molecule has 3 N–H and O–H groups in total. The van der Waals surface area contributed by atoms with Crippen molar-refractivity contribution >= 4 is 5.91 Å². The summed E-state index contributed by atoms with van der Waals surface area (Å²) in [6.45, 7) is 9.59. The number of amides is 1. The minimum Gasteiger partial charge on any atom is -0.350 e. The number of carbonyl (C=O) groups is 1. The van der Waals surface area contributed by atoms with Crippen LogP contribution in [0.15, 0.2) is 12.5 Å². The van der Waals surface area contributed by atoms with Gasteiger partial charge < -0.3 is 15.6 Å². The van der Waals surface area contributed by atoms with E-state index in [1.165, 1.54) is 0 Å². The third kappa shape index (κ3) is 3.56. The van der Waals surface area contributed by atoms with Crippen molar-refractivity contribution in [2.45, 2.75) is 52.2 Å². The Morgan fingerprint density at radius 1 is 1.47 bits per heavy atom. The molecule has 2 atom stereocenters. The van der Waals surface area contributed by atoms with Crippen LogP contribution in [0.2, 0.25) is 0 Å². The molecule has 17 heavy (non-hydrogen) atoms. The van der Waals surface area contributed by atoms with Gasteiger partial charge in [0, 0.05) is 17.8 Å².